The number of carboxylic acid groups (broad SMARTS) is 1. The highest BCUT2D eigenvalue weighted by molar-refractivity contribution is 7.89. The third-order valence-corrected chi connectivity index (χ3v) is 7.52. The maximum Gasteiger partial charge on any atom is 0.338 e. The largest absolute Gasteiger partial charge is 0.478 e. The van der Waals surface area contributed by atoms with Gasteiger partial charge in [0.25, 0.3) is 0 Å². The molecule has 1 unspecified atom stereocenters. The zero-order valence-corrected chi connectivity index (χ0v) is 16.2. The summed E-state index contributed by atoms with van der Waals surface area (Å²) in [4.78, 5) is 15.8. The summed E-state index contributed by atoms with van der Waals surface area (Å²) >= 11 is 0. The number of carbonyl (C=O) groups is 1. The molecule has 3 heterocycles. The van der Waals surface area contributed by atoms with E-state index in [1.54, 1.807) is 29.8 Å². The van der Waals surface area contributed by atoms with Crippen LogP contribution in [0.5, 0.6) is 0 Å². The summed E-state index contributed by atoms with van der Waals surface area (Å²) in [5, 5.41) is 9.61. The van der Waals surface area contributed by atoms with Crippen LogP contribution in [0, 0.1) is 12.8 Å². The molecular weight excluding hydrogens is 354 g/mol. The predicted octanol–water partition coefficient (Wildman–Crippen LogP) is 2.51. The Morgan fingerprint density at radius 1 is 1.38 bits per heavy atom. The molecular formula is C18H25N3O4S. The van der Waals surface area contributed by atoms with Crippen molar-refractivity contribution < 1.29 is 18.3 Å². The SMILES string of the molecule is CCS(=O)(=O)N1CCC(C(C)c2c(C)c(C(=O)O)c3cnccn23)CC1. The number of aromatic nitrogens is 2. The van der Waals surface area contributed by atoms with E-state index in [-0.39, 0.29) is 11.7 Å². The molecule has 0 saturated carbocycles. The van der Waals surface area contributed by atoms with Crippen LogP contribution in [-0.4, -0.2) is 52.0 Å². The second kappa shape index (κ2) is 7.00. The van der Waals surface area contributed by atoms with E-state index in [0.29, 0.717) is 30.1 Å². The molecule has 7 nitrogen and oxygen atoms in total. The Hall–Kier alpha value is -1.93. The number of piperidine rings is 1. The van der Waals surface area contributed by atoms with Crippen LogP contribution in [-0.2, 0) is 10.0 Å². The molecule has 1 saturated heterocycles. The monoisotopic (exact) mass is 379 g/mol. The fraction of sp³-hybridized carbons (Fsp3) is 0.556. The van der Waals surface area contributed by atoms with Crippen LogP contribution in [0.4, 0.5) is 0 Å². The van der Waals surface area contributed by atoms with Gasteiger partial charge in [-0.25, -0.2) is 17.5 Å². The van der Waals surface area contributed by atoms with Crippen molar-refractivity contribution in [1.82, 2.24) is 13.7 Å². The zero-order valence-electron chi connectivity index (χ0n) is 15.3. The van der Waals surface area contributed by atoms with Crippen LogP contribution in [0.15, 0.2) is 18.6 Å². The van der Waals surface area contributed by atoms with Gasteiger partial charge in [0.15, 0.2) is 0 Å². The normalized spacial score (nSPS) is 18.3. The number of aromatic carboxylic acids is 1. The summed E-state index contributed by atoms with van der Waals surface area (Å²) in [6, 6.07) is 0. The van der Waals surface area contributed by atoms with Gasteiger partial charge in [-0.2, -0.15) is 0 Å². The summed E-state index contributed by atoms with van der Waals surface area (Å²) in [6.07, 6.45) is 6.60. The molecule has 1 fully saturated rings. The van der Waals surface area contributed by atoms with Gasteiger partial charge in [-0.3, -0.25) is 4.98 Å². The van der Waals surface area contributed by atoms with E-state index in [9.17, 15) is 18.3 Å². The zero-order chi connectivity index (χ0) is 19.1. The molecule has 1 aliphatic rings. The molecule has 0 spiro atoms. The highest BCUT2D eigenvalue weighted by atomic mass is 32.2. The Kier molecular flexibility index (Phi) is 5.07. The third-order valence-electron chi connectivity index (χ3n) is 5.64. The molecule has 1 N–H and O–H groups in total. The average molecular weight is 379 g/mol. The molecule has 3 rings (SSSR count). The van der Waals surface area contributed by atoms with E-state index in [1.807, 2.05) is 11.3 Å². The summed E-state index contributed by atoms with van der Waals surface area (Å²) < 4.78 is 27.6. The van der Waals surface area contributed by atoms with Gasteiger partial charge in [-0.05, 0) is 44.1 Å². The number of hydrogen-bond donors (Lipinski definition) is 1. The predicted molar refractivity (Wildman–Crippen MR) is 99.1 cm³/mol. The topological polar surface area (TPSA) is 92.0 Å². The van der Waals surface area contributed by atoms with Crippen molar-refractivity contribution >= 4 is 21.5 Å². The van der Waals surface area contributed by atoms with E-state index in [4.69, 9.17) is 0 Å². The van der Waals surface area contributed by atoms with Crippen LogP contribution in [0.3, 0.4) is 0 Å². The summed E-state index contributed by atoms with van der Waals surface area (Å²) in [5.74, 6) is -0.380. The van der Waals surface area contributed by atoms with Crippen molar-refractivity contribution in [2.75, 3.05) is 18.8 Å². The Bertz CT molecular complexity index is 927. The van der Waals surface area contributed by atoms with E-state index in [0.717, 1.165) is 24.1 Å². The lowest BCUT2D eigenvalue weighted by molar-refractivity contribution is 0.0698. The Labute approximate surface area is 153 Å². The van der Waals surface area contributed by atoms with Crippen LogP contribution < -0.4 is 0 Å². The van der Waals surface area contributed by atoms with Crippen molar-refractivity contribution in [3.05, 3.63) is 35.4 Å². The molecule has 0 aromatic carbocycles. The molecule has 26 heavy (non-hydrogen) atoms. The molecule has 0 bridgehead atoms. The number of nitrogens with zero attached hydrogens (tertiary/aromatic N) is 3. The van der Waals surface area contributed by atoms with Crippen molar-refractivity contribution in [1.29, 1.82) is 0 Å². The van der Waals surface area contributed by atoms with Gasteiger partial charge >= 0.3 is 5.97 Å². The maximum absolute atomic E-state index is 12.1. The first-order chi connectivity index (χ1) is 12.3. The molecule has 2 aromatic rings. The Morgan fingerprint density at radius 2 is 2.04 bits per heavy atom. The van der Waals surface area contributed by atoms with Gasteiger partial charge < -0.3 is 9.51 Å². The van der Waals surface area contributed by atoms with Crippen molar-refractivity contribution in [3.63, 3.8) is 0 Å². The number of rotatable bonds is 5. The molecule has 1 atom stereocenters. The Morgan fingerprint density at radius 3 is 2.62 bits per heavy atom. The van der Waals surface area contributed by atoms with Crippen LogP contribution in [0.2, 0.25) is 0 Å². The first-order valence-electron chi connectivity index (χ1n) is 8.93. The van der Waals surface area contributed by atoms with Gasteiger partial charge in [-0.15, -0.1) is 0 Å². The van der Waals surface area contributed by atoms with Crippen molar-refractivity contribution in [3.8, 4) is 0 Å². The van der Waals surface area contributed by atoms with Gasteiger partial charge in [0.05, 0.1) is 23.0 Å². The van der Waals surface area contributed by atoms with E-state index in [2.05, 4.69) is 11.9 Å². The quantitative estimate of drug-likeness (QED) is 0.862. The highest BCUT2D eigenvalue weighted by Crippen LogP contribution is 2.37. The molecule has 0 radical (unpaired) electrons. The molecule has 142 valence electrons. The summed E-state index contributed by atoms with van der Waals surface area (Å²) in [7, 11) is -3.14. The number of fused-ring (bicyclic) bond motifs is 1. The first-order valence-corrected chi connectivity index (χ1v) is 10.5. The molecule has 1 aliphatic heterocycles. The van der Waals surface area contributed by atoms with Gasteiger partial charge in [-0.1, -0.05) is 6.92 Å². The maximum atomic E-state index is 12.1. The fourth-order valence-electron chi connectivity index (χ4n) is 4.15. The summed E-state index contributed by atoms with van der Waals surface area (Å²) in [5.41, 5.74) is 2.65. The van der Waals surface area contributed by atoms with Crippen molar-refractivity contribution in [2.45, 2.75) is 39.5 Å². The Balaban J connectivity index is 1.91. The molecule has 2 aromatic heterocycles. The van der Waals surface area contributed by atoms with Crippen LogP contribution >= 0.6 is 0 Å². The minimum atomic E-state index is -3.14. The lowest BCUT2D eigenvalue weighted by atomic mass is 9.83. The minimum Gasteiger partial charge on any atom is -0.478 e. The third kappa shape index (κ3) is 3.12. The van der Waals surface area contributed by atoms with E-state index in [1.165, 1.54) is 0 Å². The number of sulfonamides is 1. The van der Waals surface area contributed by atoms with E-state index >= 15 is 0 Å². The molecule has 8 heteroatoms. The second-order valence-electron chi connectivity index (χ2n) is 6.95. The average Bonchev–Trinajstić information content (AvgIpc) is 2.93. The number of hydrogen-bond acceptors (Lipinski definition) is 4. The lowest BCUT2D eigenvalue weighted by Crippen LogP contribution is -2.40. The van der Waals surface area contributed by atoms with Crippen LogP contribution in [0.25, 0.3) is 5.52 Å². The molecule has 0 aliphatic carbocycles. The molecule has 0 amide bonds. The fourth-order valence-corrected chi connectivity index (χ4v) is 5.28. The smallest absolute Gasteiger partial charge is 0.338 e. The highest BCUT2D eigenvalue weighted by Gasteiger charge is 2.32. The van der Waals surface area contributed by atoms with Gasteiger partial charge in [0.1, 0.15) is 0 Å². The minimum absolute atomic E-state index is 0.129. The van der Waals surface area contributed by atoms with Gasteiger partial charge in [0.2, 0.25) is 10.0 Å². The standard InChI is InChI=1S/C18H25N3O4S/c1-4-26(24,25)20-8-5-14(6-9-20)12(2)17-13(3)16(18(22)23)15-11-19-7-10-21(15)17/h7,10-12,14H,4-6,8-9H2,1-3H3,(H,22,23). The van der Waals surface area contributed by atoms with Gasteiger partial charge in [0, 0.05) is 31.2 Å². The first kappa shape index (κ1) is 18.8. The summed E-state index contributed by atoms with van der Waals surface area (Å²) in [6.45, 7) is 6.68. The second-order valence-corrected chi connectivity index (χ2v) is 9.21. The van der Waals surface area contributed by atoms with Crippen molar-refractivity contribution in [2.24, 2.45) is 5.92 Å². The number of carboxylic acids is 1. The van der Waals surface area contributed by atoms with Crippen LogP contribution in [0.1, 0.15) is 54.2 Å². The lowest BCUT2D eigenvalue weighted by Gasteiger charge is -2.34. The van der Waals surface area contributed by atoms with E-state index < -0.39 is 16.0 Å².